The van der Waals surface area contributed by atoms with Gasteiger partial charge >= 0.3 is 0 Å². The number of aliphatic hydroxyl groups is 1. The summed E-state index contributed by atoms with van der Waals surface area (Å²) >= 11 is 9.28. The van der Waals surface area contributed by atoms with Crippen molar-refractivity contribution in [1.29, 1.82) is 0 Å². The fourth-order valence-corrected chi connectivity index (χ4v) is 4.60. The van der Waals surface area contributed by atoms with Crippen LogP contribution in [0.15, 0.2) is 17.1 Å². The van der Waals surface area contributed by atoms with E-state index in [1.165, 1.54) is 12.2 Å². The molecule has 3 N–H and O–H groups in total. The number of hydrogen-bond acceptors (Lipinski definition) is 5. The van der Waals surface area contributed by atoms with Crippen molar-refractivity contribution in [1.82, 2.24) is 0 Å². The highest BCUT2D eigenvalue weighted by atomic mass is 79.9. The summed E-state index contributed by atoms with van der Waals surface area (Å²) < 4.78 is 28.1. The third kappa shape index (κ3) is 3.10. The summed E-state index contributed by atoms with van der Waals surface area (Å²) in [5.74, 6) is 0. The normalized spacial score (nSPS) is 33.8. The Hall–Kier alpha value is 0.01000. The van der Waals surface area contributed by atoms with Crippen LogP contribution in [-0.2, 0) is 14.8 Å². The molecule has 0 aromatic rings. The number of alkyl halides is 1. The summed E-state index contributed by atoms with van der Waals surface area (Å²) in [6, 6.07) is 0. The molecule has 2 heterocycles. The maximum absolute atomic E-state index is 12.1. The van der Waals surface area contributed by atoms with Crippen molar-refractivity contribution in [3.8, 4) is 0 Å². The van der Waals surface area contributed by atoms with Gasteiger partial charge in [-0.05, 0) is 34.8 Å². The second-order valence-electron chi connectivity index (χ2n) is 5.13. The lowest BCUT2D eigenvalue weighted by atomic mass is 9.83. The van der Waals surface area contributed by atoms with Gasteiger partial charge in [0.1, 0.15) is 14.9 Å². The molecule has 6 nitrogen and oxygen atoms in total. The van der Waals surface area contributed by atoms with Crippen LogP contribution in [0.2, 0.25) is 0 Å². The predicted molar refractivity (Wildman–Crippen MR) is 80.6 cm³/mol. The first-order chi connectivity index (χ1) is 9.19. The minimum Gasteiger partial charge on any atom is -0.390 e. The van der Waals surface area contributed by atoms with E-state index in [9.17, 15) is 13.5 Å². The zero-order valence-corrected chi connectivity index (χ0v) is 13.8. The highest BCUT2D eigenvalue weighted by Crippen LogP contribution is 2.40. The van der Waals surface area contributed by atoms with Crippen LogP contribution < -0.4 is 5.14 Å². The van der Waals surface area contributed by atoms with Crippen LogP contribution in [0, 0.1) is 0 Å². The Labute approximate surface area is 131 Å². The Kier molecular flexibility index (Phi) is 4.63. The molecule has 0 aliphatic carbocycles. The molecule has 0 bridgehead atoms. The van der Waals surface area contributed by atoms with Gasteiger partial charge in [-0.3, -0.25) is 4.99 Å². The van der Waals surface area contributed by atoms with E-state index in [0.717, 1.165) is 0 Å². The van der Waals surface area contributed by atoms with Crippen LogP contribution in [0.25, 0.3) is 0 Å². The van der Waals surface area contributed by atoms with Gasteiger partial charge in [0.2, 0.25) is 10.0 Å². The van der Waals surface area contributed by atoms with Crippen LogP contribution >= 0.6 is 27.5 Å². The number of primary sulfonamides is 1. The molecule has 1 saturated heterocycles. The summed E-state index contributed by atoms with van der Waals surface area (Å²) in [6.07, 6.45) is 3.48. The quantitative estimate of drug-likeness (QED) is 0.554. The summed E-state index contributed by atoms with van der Waals surface area (Å²) in [7, 11) is -4.05. The van der Waals surface area contributed by atoms with E-state index in [-0.39, 0.29) is 6.42 Å². The molecule has 2 atom stereocenters. The summed E-state index contributed by atoms with van der Waals surface area (Å²) in [4.78, 5) is 4.01. The molecule has 2 aliphatic heterocycles. The number of hydrogen-bond donors (Lipinski definition) is 2. The monoisotopic (exact) mass is 386 g/mol. The van der Waals surface area contributed by atoms with Gasteiger partial charge < -0.3 is 9.84 Å². The molecule has 1 fully saturated rings. The first-order valence-corrected chi connectivity index (χ1v) is 8.85. The number of nitrogens with two attached hydrogens (primary N) is 1. The minimum atomic E-state index is -4.05. The molecule has 114 valence electrons. The number of rotatable bonds is 3. The number of aliphatic imine (C=N–C) groups is 1. The molecule has 20 heavy (non-hydrogen) atoms. The van der Waals surface area contributed by atoms with Crippen molar-refractivity contribution in [2.45, 2.75) is 35.1 Å². The molecule has 0 aromatic carbocycles. The fraction of sp³-hybridized carbons (Fsp3) is 0.727. The van der Waals surface area contributed by atoms with Crippen LogP contribution in [0.1, 0.15) is 19.3 Å². The minimum absolute atomic E-state index is 0.101. The highest BCUT2D eigenvalue weighted by Gasteiger charge is 2.52. The molecule has 2 unspecified atom stereocenters. The van der Waals surface area contributed by atoms with E-state index < -0.39 is 25.9 Å². The molecular weight excluding hydrogens is 372 g/mol. The first kappa shape index (κ1) is 16.4. The maximum Gasteiger partial charge on any atom is 0.221 e. The maximum atomic E-state index is 12.1. The molecule has 9 heteroatoms. The Bertz CT molecular complexity index is 545. The van der Waals surface area contributed by atoms with E-state index in [1.807, 2.05) is 0 Å². The van der Waals surface area contributed by atoms with Crippen molar-refractivity contribution in [2.24, 2.45) is 10.1 Å². The van der Waals surface area contributed by atoms with E-state index in [4.69, 9.17) is 21.5 Å². The van der Waals surface area contributed by atoms with E-state index in [2.05, 4.69) is 20.9 Å². The van der Waals surface area contributed by atoms with Gasteiger partial charge in [-0.1, -0.05) is 17.7 Å². The van der Waals surface area contributed by atoms with Crippen molar-refractivity contribution in [3.05, 3.63) is 12.2 Å². The lowest BCUT2D eigenvalue weighted by Crippen LogP contribution is -2.55. The Balaban J connectivity index is 2.37. The molecule has 0 saturated carbocycles. The van der Waals surface area contributed by atoms with Gasteiger partial charge in [0.05, 0.1) is 5.60 Å². The molecule has 2 rings (SSSR count). The zero-order chi connectivity index (χ0) is 15.0. The third-order valence-electron chi connectivity index (χ3n) is 3.70. The summed E-state index contributed by atoms with van der Waals surface area (Å²) in [5, 5.41) is 15.9. The second kappa shape index (κ2) is 5.66. The number of halogens is 2. The van der Waals surface area contributed by atoms with Gasteiger partial charge in [0, 0.05) is 19.6 Å². The third-order valence-corrected chi connectivity index (χ3v) is 6.35. The highest BCUT2D eigenvalue weighted by molar-refractivity contribution is 9.18. The number of sulfonamides is 1. The smallest absolute Gasteiger partial charge is 0.221 e. The number of ether oxygens (including phenoxy) is 1. The van der Waals surface area contributed by atoms with E-state index >= 15 is 0 Å². The average Bonchev–Trinajstić information content (AvgIpc) is 2.32. The lowest BCUT2D eigenvalue weighted by Gasteiger charge is -2.41. The van der Waals surface area contributed by atoms with Gasteiger partial charge in [-0.15, -0.1) is 0 Å². The predicted octanol–water partition coefficient (Wildman–Crippen LogP) is 0.873. The van der Waals surface area contributed by atoms with Gasteiger partial charge in [-0.25, -0.2) is 13.6 Å². The first-order valence-electron chi connectivity index (χ1n) is 6.08. The van der Waals surface area contributed by atoms with E-state index in [1.54, 1.807) is 0 Å². The lowest BCUT2D eigenvalue weighted by molar-refractivity contribution is -0.0717. The Morgan fingerprint density at radius 2 is 2.15 bits per heavy atom. The molecule has 2 aliphatic rings. The number of dihydropyridines is 1. The van der Waals surface area contributed by atoms with Crippen molar-refractivity contribution in [2.75, 3.05) is 13.2 Å². The standard InChI is InChI=1S/C11H16BrClN2O4S/c12-8-1-2-11(9(13)15-8,20(14,17)18)7-10(16)3-5-19-6-4-10/h1-2,9,16H,3-7H2,(H2,14,17,18). The van der Waals surface area contributed by atoms with Crippen LogP contribution in [0.4, 0.5) is 0 Å². The van der Waals surface area contributed by atoms with Crippen LogP contribution in [-0.4, -0.2) is 47.2 Å². The summed E-state index contributed by atoms with van der Waals surface area (Å²) in [5.41, 5.74) is -2.27. The van der Waals surface area contributed by atoms with Gasteiger partial charge in [0.15, 0.2) is 0 Å². The number of nitrogens with zero attached hydrogens (tertiary/aromatic N) is 1. The zero-order valence-electron chi connectivity index (χ0n) is 10.6. The van der Waals surface area contributed by atoms with Gasteiger partial charge in [-0.2, -0.15) is 0 Å². The van der Waals surface area contributed by atoms with E-state index in [0.29, 0.717) is 30.7 Å². The van der Waals surface area contributed by atoms with Crippen molar-refractivity contribution < 1.29 is 18.3 Å². The largest absolute Gasteiger partial charge is 0.390 e. The second-order valence-corrected chi connectivity index (χ2v) is 8.21. The fourth-order valence-electron chi connectivity index (χ4n) is 2.47. The molecular formula is C11H16BrClN2O4S. The summed E-state index contributed by atoms with van der Waals surface area (Å²) in [6.45, 7) is 0.752. The van der Waals surface area contributed by atoms with Crippen LogP contribution in [0.3, 0.4) is 0 Å². The van der Waals surface area contributed by atoms with Gasteiger partial charge in [0.25, 0.3) is 0 Å². The Morgan fingerprint density at radius 1 is 1.55 bits per heavy atom. The van der Waals surface area contributed by atoms with Crippen molar-refractivity contribution in [3.63, 3.8) is 0 Å². The molecule has 0 amide bonds. The van der Waals surface area contributed by atoms with Crippen molar-refractivity contribution >= 4 is 42.2 Å². The Morgan fingerprint density at radius 3 is 2.65 bits per heavy atom. The topological polar surface area (TPSA) is 102 Å². The SMILES string of the molecule is NS(=O)(=O)C1(CC2(O)CCOCC2)C=CC(Br)=NC1Cl. The number of allylic oxidation sites excluding steroid dienone is 1. The molecule has 0 spiro atoms. The van der Waals surface area contributed by atoms with Crippen LogP contribution in [0.5, 0.6) is 0 Å². The molecule has 0 radical (unpaired) electrons. The molecule has 0 aromatic heterocycles. The average molecular weight is 388 g/mol.